The molecule has 0 aliphatic carbocycles. The van der Waals surface area contributed by atoms with Gasteiger partial charge < -0.3 is 4.57 Å². The second-order valence-electron chi connectivity index (χ2n) is 6.20. The lowest BCUT2D eigenvalue weighted by molar-refractivity contribution is 0.0980. The molecule has 27 heavy (non-hydrogen) atoms. The standard InChI is InChI=1S/C20H19FN2O3S/c1-3-19(24)18-12-17(13-4-8-15(21)9-5-13)20(23(18)2)14-6-10-16(11-7-14)27(22,25)26/h4-12H,3H2,1-2H3,(H2,22,25,26). The topological polar surface area (TPSA) is 82.2 Å². The van der Waals surface area contributed by atoms with Gasteiger partial charge in [0.25, 0.3) is 0 Å². The van der Waals surface area contributed by atoms with Gasteiger partial charge in [-0.25, -0.2) is 17.9 Å². The summed E-state index contributed by atoms with van der Waals surface area (Å²) in [4.78, 5) is 12.3. The first-order valence-electron chi connectivity index (χ1n) is 8.34. The van der Waals surface area contributed by atoms with Gasteiger partial charge in [-0.1, -0.05) is 31.2 Å². The number of aromatic nitrogens is 1. The highest BCUT2D eigenvalue weighted by atomic mass is 32.2. The number of benzene rings is 2. The highest BCUT2D eigenvalue weighted by molar-refractivity contribution is 7.89. The maximum Gasteiger partial charge on any atom is 0.238 e. The Bertz CT molecular complexity index is 1100. The van der Waals surface area contributed by atoms with Crippen molar-refractivity contribution >= 4 is 15.8 Å². The number of nitrogens with zero attached hydrogens (tertiary/aromatic N) is 1. The quantitative estimate of drug-likeness (QED) is 0.678. The number of carbonyl (C=O) groups excluding carboxylic acids is 1. The molecule has 0 amide bonds. The number of sulfonamides is 1. The van der Waals surface area contributed by atoms with E-state index < -0.39 is 10.0 Å². The fourth-order valence-electron chi connectivity index (χ4n) is 3.05. The molecule has 140 valence electrons. The largest absolute Gasteiger partial charge is 0.341 e. The molecule has 3 aromatic rings. The van der Waals surface area contributed by atoms with Crippen LogP contribution in [0.5, 0.6) is 0 Å². The molecule has 3 rings (SSSR count). The fourth-order valence-corrected chi connectivity index (χ4v) is 3.57. The van der Waals surface area contributed by atoms with E-state index in [0.29, 0.717) is 12.1 Å². The van der Waals surface area contributed by atoms with Crippen LogP contribution in [0.15, 0.2) is 59.5 Å². The van der Waals surface area contributed by atoms with Gasteiger partial charge >= 0.3 is 0 Å². The molecule has 1 heterocycles. The van der Waals surface area contributed by atoms with Gasteiger partial charge in [-0.2, -0.15) is 0 Å². The maximum atomic E-state index is 13.3. The number of hydrogen-bond donors (Lipinski definition) is 1. The first-order chi connectivity index (χ1) is 12.7. The number of rotatable bonds is 5. The zero-order chi connectivity index (χ0) is 19.8. The molecule has 0 aliphatic heterocycles. The van der Waals surface area contributed by atoms with Crippen molar-refractivity contribution in [3.63, 3.8) is 0 Å². The Morgan fingerprint density at radius 3 is 2.11 bits per heavy atom. The molecule has 2 aromatic carbocycles. The number of halogens is 1. The molecule has 0 bridgehead atoms. The van der Waals surface area contributed by atoms with Crippen LogP contribution in [0.2, 0.25) is 0 Å². The molecule has 0 aliphatic rings. The average molecular weight is 386 g/mol. The van der Waals surface area contributed by atoms with E-state index in [4.69, 9.17) is 5.14 Å². The number of Topliss-reactive ketones (excluding diaryl/α,β-unsaturated/α-hetero) is 1. The highest BCUT2D eigenvalue weighted by Gasteiger charge is 2.20. The normalized spacial score (nSPS) is 11.6. The summed E-state index contributed by atoms with van der Waals surface area (Å²) in [7, 11) is -2.02. The molecule has 1 aromatic heterocycles. The van der Waals surface area contributed by atoms with Crippen molar-refractivity contribution in [1.29, 1.82) is 0 Å². The lowest BCUT2D eigenvalue weighted by Gasteiger charge is -2.10. The van der Waals surface area contributed by atoms with Crippen LogP contribution >= 0.6 is 0 Å². The van der Waals surface area contributed by atoms with Gasteiger partial charge in [-0.15, -0.1) is 0 Å². The molecule has 0 atom stereocenters. The van der Waals surface area contributed by atoms with E-state index in [9.17, 15) is 17.6 Å². The fraction of sp³-hybridized carbons (Fsp3) is 0.150. The minimum Gasteiger partial charge on any atom is -0.341 e. The van der Waals surface area contributed by atoms with E-state index in [1.807, 2.05) is 0 Å². The van der Waals surface area contributed by atoms with Crippen molar-refractivity contribution in [2.24, 2.45) is 12.2 Å². The first-order valence-corrected chi connectivity index (χ1v) is 9.89. The van der Waals surface area contributed by atoms with E-state index in [1.54, 1.807) is 48.9 Å². The predicted molar refractivity (Wildman–Crippen MR) is 102 cm³/mol. The first kappa shape index (κ1) is 19.0. The zero-order valence-corrected chi connectivity index (χ0v) is 15.8. The smallest absolute Gasteiger partial charge is 0.238 e. The molecule has 5 nitrogen and oxygen atoms in total. The second-order valence-corrected chi connectivity index (χ2v) is 7.77. The van der Waals surface area contributed by atoms with Crippen molar-refractivity contribution in [2.45, 2.75) is 18.2 Å². The molecule has 0 radical (unpaired) electrons. The van der Waals surface area contributed by atoms with Crippen LogP contribution < -0.4 is 5.14 Å². The van der Waals surface area contributed by atoms with Crippen LogP contribution in [0.3, 0.4) is 0 Å². The van der Waals surface area contributed by atoms with Gasteiger partial charge in [0.1, 0.15) is 5.82 Å². The monoisotopic (exact) mass is 386 g/mol. The Kier molecular flexibility index (Phi) is 4.99. The van der Waals surface area contributed by atoms with Crippen LogP contribution in [-0.4, -0.2) is 18.8 Å². The maximum absolute atomic E-state index is 13.3. The molecular weight excluding hydrogens is 367 g/mol. The van der Waals surface area contributed by atoms with Gasteiger partial charge in [0.15, 0.2) is 5.78 Å². The molecule has 0 unspecified atom stereocenters. The van der Waals surface area contributed by atoms with Crippen molar-refractivity contribution in [2.75, 3.05) is 0 Å². The van der Waals surface area contributed by atoms with E-state index in [-0.39, 0.29) is 16.5 Å². The Balaban J connectivity index is 2.22. The van der Waals surface area contributed by atoms with Gasteiger partial charge in [0.2, 0.25) is 10.0 Å². The molecule has 0 saturated carbocycles. The summed E-state index contributed by atoms with van der Waals surface area (Å²) in [5, 5.41) is 5.16. The van der Waals surface area contributed by atoms with E-state index in [0.717, 1.165) is 22.4 Å². The summed E-state index contributed by atoms with van der Waals surface area (Å²) in [6.45, 7) is 1.79. The van der Waals surface area contributed by atoms with E-state index in [2.05, 4.69) is 0 Å². The summed E-state index contributed by atoms with van der Waals surface area (Å²) in [6.07, 6.45) is 0.352. The average Bonchev–Trinajstić information content (AvgIpc) is 2.98. The summed E-state index contributed by atoms with van der Waals surface area (Å²) >= 11 is 0. The Labute approximate surface area is 157 Å². The molecule has 0 saturated heterocycles. The van der Waals surface area contributed by atoms with Gasteiger partial charge in [-0.3, -0.25) is 4.79 Å². The van der Waals surface area contributed by atoms with Gasteiger partial charge in [0.05, 0.1) is 16.3 Å². The van der Waals surface area contributed by atoms with Gasteiger partial charge in [-0.05, 0) is 41.5 Å². The third-order valence-electron chi connectivity index (χ3n) is 4.45. The highest BCUT2D eigenvalue weighted by Crippen LogP contribution is 2.35. The number of hydrogen-bond acceptors (Lipinski definition) is 3. The molecule has 0 spiro atoms. The minimum atomic E-state index is -3.79. The van der Waals surface area contributed by atoms with Crippen molar-refractivity contribution in [3.05, 3.63) is 66.1 Å². The molecule has 7 heteroatoms. The molecule has 2 N–H and O–H groups in total. The van der Waals surface area contributed by atoms with Crippen molar-refractivity contribution in [1.82, 2.24) is 4.57 Å². The lowest BCUT2D eigenvalue weighted by atomic mass is 10.0. The SMILES string of the molecule is CCC(=O)c1cc(-c2ccc(F)cc2)c(-c2ccc(S(N)(=O)=O)cc2)n1C. The molecular formula is C20H19FN2O3S. The Morgan fingerprint density at radius 1 is 1.04 bits per heavy atom. The molecule has 0 fully saturated rings. The Morgan fingerprint density at radius 2 is 1.59 bits per heavy atom. The van der Waals surface area contributed by atoms with Crippen LogP contribution in [0.4, 0.5) is 4.39 Å². The Hall–Kier alpha value is -2.77. The van der Waals surface area contributed by atoms with Gasteiger partial charge in [0, 0.05) is 19.0 Å². The van der Waals surface area contributed by atoms with Crippen LogP contribution in [0.1, 0.15) is 23.8 Å². The summed E-state index contributed by atoms with van der Waals surface area (Å²) < 4.78 is 38.1. The minimum absolute atomic E-state index is 0.00801. The number of ketones is 1. The zero-order valence-electron chi connectivity index (χ0n) is 14.9. The summed E-state index contributed by atoms with van der Waals surface area (Å²) in [5.74, 6) is -0.369. The van der Waals surface area contributed by atoms with Crippen LogP contribution in [-0.2, 0) is 17.1 Å². The second kappa shape index (κ2) is 7.09. The third-order valence-corrected chi connectivity index (χ3v) is 5.38. The summed E-state index contributed by atoms with van der Waals surface area (Å²) in [5.41, 5.74) is 3.51. The van der Waals surface area contributed by atoms with E-state index >= 15 is 0 Å². The van der Waals surface area contributed by atoms with Crippen LogP contribution in [0, 0.1) is 5.82 Å². The lowest BCUT2D eigenvalue weighted by Crippen LogP contribution is -2.11. The number of primary sulfonamides is 1. The van der Waals surface area contributed by atoms with Crippen molar-refractivity contribution in [3.8, 4) is 22.4 Å². The summed E-state index contributed by atoms with van der Waals surface area (Å²) in [6, 6.07) is 13.9. The van der Waals surface area contributed by atoms with Crippen molar-refractivity contribution < 1.29 is 17.6 Å². The number of nitrogens with two attached hydrogens (primary N) is 1. The van der Waals surface area contributed by atoms with Crippen LogP contribution in [0.25, 0.3) is 22.4 Å². The number of carbonyl (C=O) groups is 1. The predicted octanol–water partition coefficient (Wildman–Crippen LogP) is 3.74. The third kappa shape index (κ3) is 3.70. The van der Waals surface area contributed by atoms with E-state index in [1.165, 1.54) is 24.3 Å².